The molecule has 16 heavy (non-hydrogen) atoms. The Morgan fingerprint density at radius 3 is 2.69 bits per heavy atom. The number of hydrogen-bond donors (Lipinski definition) is 2. The van der Waals surface area contributed by atoms with Gasteiger partial charge in [-0.3, -0.25) is 0 Å². The lowest BCUT2D eigenvalue weighted by Gasteiger charge is -2.15. The van der Waals surface area contributed by atoms with Crippen LogP contribution in [0.5, 0.6) is 11.5 Å². The molecule has 0 fully saturated rings. The number of aryl methyl sites for hydroxylation is 1. The minimum absolute atomic E-state index is 0.0260. The smallest absolute Gasteiger partial charge is 0.231 e. The molecule has 0 spiro atoms. The Hall–Kier alpha value is -1.26. The Balaban J connectivity index is 2.20. The van der Waals surface area contributed by atoms with E-state index < -0.39 is 0 Å². The van der Waals surface area contributed by atoms with Crippen molar-refractivity contribution in [3.05, 3.63) is 23.3 Å². The van der Waals surface area contributed by atoms with Crippen molar-refractivity contribution in [1.29, 1.82) is 0 Å². The van der Waals surface area contributed by atoms with Gasteiger partial charge in [0.1, 0.15) is 0 Å². The van der Waals surface area contributed by atoms with Gasteiger partial charge in [0, 0.05) is 6.04 Å². The van der Waals surface area contributed by atoms with Gasteiger partial charge >= 0.3 is 0 Å². The van der Waals surface area contributed by atoms with Crippen molar-refractivity contribution in [2.24, 2.45) is 11.5 Å². The zero-order valence-electron chi connectivity index (χ0n) is 9.53. The predicted octanol–water partition coefficient (Wildman–Crippen LogP) is 1.46. The molecule has 0 aromatic heterocycles. The quantitative estimate of drug-likeness (QED) is 0.809. The van der Waals surface area contributed by atoms with Gasteiger partial charge in [-0.2, -0.15) is 0 Å². The maximum absolute atomic E-state index is 6.12. The highest BCUT2D eigenvalue weighted by atomic mass is 16.7. The first kappa shape index (κ1) is 11.2. The average molecular weight is 222 g/mol. The first-order valence-corrected chi connectivity index (χ1v) is 5.58. The van der Waals surface area contributed by atoms with Crippen LogP contribution in [0.3, 0.4) is 0 Å². The van der Waals surface area contributed by atoms with Crippen molar-refractivity contribution >= 4 is 0 Å². The van der Waals surface area contributed by atoms with Gasteiger partial charge in [-0.25, -0.2) is 0 Å². The van der Waals surface area contributed by atoms with Crippen molar-refractivity contribution < 1.29 is 9.47 Å². The van der Waals surface area contributed by atoms with E-state index in [1.54, 1.807) is 0 Å². The van der Waals surface area contributed by atoms with Crippen LogP contribution in [0.4, 0.5) is 0 Å². The van der Waals surface area contributed by atoms with Crippen molar-refractivity contribution in [3.63, 3.8) is 0 Å². The van der Waals surface area contributed by atoms with E-state index in [2.05, 4.69) is 0 Å². The molecule has 0 radical (unpaired) electrons. The molecule has 1 aliphatic rings. The van der Waals surface area contributed by atoms with Crippen LogP contribution in [0.1, 0.15) is 30.0 Å². The number of hydrogen-bond acceptors (Lipinski definition) is 4. The summed E-state index contributed by atoms with van der Waals surface area (Å²) in [5, 5.41) is 0. The van der Waals surface area contributed by atoms with E-state index in [-0.39, 0.29) is 6.04 Å². The molecule has 4 nitrogen and oxygen atoms in total. The second-order valence-corrected chi connectivity index (χ2v) is 4.10. The fourth-order valence-electron chi connectivity index (χ4n) is 1.95. The molecular formula is C12H18N2O2. The standard InChI is InChI=1S/C12H18N2O2/c1-8-5-11-12(16-7-15-11)6-9(8)10(14)3-2-4-13/h5-6,10H,2-4,7,13-14H2,1H3. The first-order chi connectivity index (χ1) is 7.72. The molecule has 0 aliphatic carbocycles. The van der Waals surface area contributed by atoms with E-state index in [0.717, 1.165) is 35.5 Å². The van der Waals surface area contributed by atoms with Gasteiger partial charge in [-0.1, -0.05) is 0 Å². The Bertz CT molecular complexity index is 380. The van der Waals surface area contributed by atoms with Crippen molar-refractivity contribution in [1.82, 2.24) is 0 Å². The van der Waals surface area contributed by atoms with Gasteiger partial charge in [-0.15, -0.1) is 0 Å². The summed E-state index contributed by atoms with van der Waals surface area (Å²) in [7, 11) is 0. The summed E-state index contributed by atoms with van der Waals surface area (Å²) in [6.45, 7) is 3.02. The summed E-state index contributed by atoms with van der Waals surface area (Å²) in [6.07, 6.45) is 1.84. The lowest BCUT2D eigenvalue weighted by Crippen LogP contribution is -2.13. The number of benzene rings is 1. The molecule has 88 valence electrons. The lowest BCUT2D eigenvalue weighted by molar-refractivity contribution is 0.174. The molecule has 0 amide bonds. The highest BCUT2D eigenvalue weighted by Gasteiger charge is 2.18. The van der Waals surface area contributed by atoms with Crippen LogP contribution in [-0.4, -0.2) is 13.3 Å². The molecule has 1 heterocycles. The molecule has 4 N–H and O–H groups in total. The third kappa shape index (κ3) is 2.13. The molecule has 2 rings (SSSR count). The zero-order valence-corrected chi connectivity index (χ0v) is 9.53. The number of ether oxygens (including phenoxy) is 2. The molecule has 1 aromatic carbocycles. The Morgan fingerprint density at radius 1 is 1.31 bits per heavy atom. The van der Waals surface area contributed by atoms with Gasteiger partial charge in [0.05, 0.1) is 0 Å². The van der Waals surface area contributed by atoms with Gasteiger partial charge in [0.2, 0.25) is 6.79 Å². The van der Waals surface area contributed by atoms with E-state index in [1.165, 1.54) is 0 Å². The van der Waals surface area contributed by atoms with E-state index in [0.29, 0.717) is 13.3 Å². The normalized spacial score (nSPS) is 15.2. The second-order valence-electron chi connectivity index (χ2n) is 4.10. The van der Waals surface area contributed by atoms with E-state index >= 15 is 0 Å². The monoisotopic (exact) mass is 222 g/mol. The Kier molecular flexibility index (Phi) is 3.31. The maximum Gasteiger partial charge on any atom is 0.231 e. The first-order valence-electron chi connectivity index (χ1n) is 5.58. The number of fused-ring (bicyclic) bond motifs is 1. The predicted molar refractivity (Wildman–Crippen MR) is 62.5 cm³/mol. The highest BCUT2D eigenvalue weighted by Crippen LogP contribution is 2.36. The third-order valence-corrected chi connectivity index (χ3v) is 2.88. The van der Waals surface area contributed by atoms with Crippen molar-refractivity contribution in [3.8, 4) is 11.5 Å². The van der Waals surface area contributed by atoms with Crippen LogP contribution in [0.2, 0.25) is 0 Å². The molecule has 1 aliphatic heterocycles. The van der Waals surface area contributed by atoms with Gasteiger partial charge < -0.3 is 20.9 Å². The van der Waals surface area contributed by atoms with E-state index in [4.69, 9.17) is 20.9 Å². The molecule has 0 bridgehead atoms. The number of nitrogens with two attached hydrogens (primary N) is 2. The van der Waals surface area contributed by atoms with E-state index in [1.807, 2.05) is 19.1 Å². The van der Waals surface area contributed by atoms with Crippen LogP contribution < -0.4 is 20.9 Å². The van der Waals surface area contributed by atoms with Crippen molar-refractivity contribution in [2.75, 3.05) is 13.3 Å². The molecule has 1 aromatic rings. The lowest BCUT2D eigenvalue weighted by atomic mass is 9.97. The summed E-state index contributed by atoms with van der Waals surface area (Å²) < 4.78 is 10.7. The summed E-state index contributed by atoms with van der Waals surface area (Å²) in [4.78, 5) is 0. The van der Waals surface area contributed by atoms with Crippen LogP contribution in [0.25, 0.3) is 0 Å². The maximum atomic E-state index is 6.12. The third-order valence-electron chi connectivity index (χ3n) is 2.88. The number of rotatable bonds is 4. The summed E-state index contributed by atoms with van der Waals surface area (Å²) in [5.41, 5.74) is 13.9. The van der Waals surface area contributed by atoms with Crippen LogP contribution in [0.15, 0.2) is 12.1 Å². The SMILES string of the molecule is Cc1cc2c(cc1C(N)CCCN)OCO2. The molecule has 0 saturated heterocycles. The Labute approximate surface area is 95.5 Å². The minimum atomic E-state index is 0.0260. The van der Waals surface area contributed by atoms with Gasteiger partial charge in [0.25, 0.3) is 0 Å². The molecule has 1 atom stereocenters. The zero-order chi connectivity index (χ0) is 11.5. The highest BCUT2D eigenvalue weighted by molar-refractivity contribution is 5.49. The minimum Gasteiger partial charge on any atom is -0.454 e. The second kappa shape index (κ2) is 4.72. The summed E-state index contributed by atoms with van der Waals surface area (Å²) >= 11 is 0. The van der Waals surface area contributed by atoms with Gasteiger partial charge in [0.15, 0.2) is 11.5 Å². The summed E-state index contributed by atoms with van der Waals surface area (Å²) in [5.74, 6) is 1.61. The molecule has 4 heteroatoms. The summed E-state index contributed by atoms with van der Waals surface area (Å²) in [6, 6.07) is 4.00. The van der Waals surface area contributed by atoms with Crippen molar-refractivity contribution in [2.45, 2.75) is 25.8 Å². The molecular weight excluding hydrogens is 204 g/mol. The van der Waals surface area contributed by atoms with Crippen LogP contribution in [-0.2, 0) is 0 Å². The fraction of sp³-hybridized carbons (Fsp3) is 0.500. The van der Waals surface area contributed by atoms with Gasteiger partial charge in [-0.05, 0) is 49.6 Å². The van der Waals surface area contributed by atoms with Crippen LogP contribution >= 0.6 is 0 Å². The van der Waals surface area contributed by atoms with Crippen LogP contribution in [0, 0.1) is 6.92 Å². The largest absolute Gasteiger partial charge is 0.454 e. The fourth-order valence-corrected chi connectivity index (χ4v) is 1.95. The van der Waals surface area contributed by atoms with E-state index in [9.17, 15) is 0 Å². The molecule has 1 unspecified atom stereocenters. The Morgan fingerprint density at radius 2 is 2.00 bits per heavy atom. The average Bonchev–Trinajstić information content (AvgIpc) is 2.71. The molecule has 0 saturated carbocycles. The topological polar surface area (TPSA) is 70.5 Å².